The van der Waals surface area contributed by atoms with Crippen LogP contribution in [-0.4, -0.2) is 34.9 Å². The van der Waals surface area contributed by atoms with Crippen LogP contribution in [0.2, 0.25) is 0 Å². The van der Waals surface area contributed by atoms with Crippen molar-refractivity contribution in [2.75, 3.05) is 0 Å². The van der Waals surface area contributed by atoms with E-state index in [-0.39, 0.29) is 11.2 Å². The molecule has 16 heavy (non-hydrogen) atoms. The van der Waals surface area contributed by atoms with Gasteiger partial charge in [-0.15, -0.1) is 5.10 Å². The molecule has 0 bridgehead atoms. The van der Waals surface area contributed by atoms with Gasteiger partial charge in [-0.3, -0.25) is 14.8 Å². The summed E-state index contributed by atoms with van der Waals surface area (Å²) in [5.74, 6) is 0.305. The first-order valence-corrected chi connectivity index (χ1v) is 4.33. The largest absolute Gasteiger partial charge is 0.327 e. The van der Waals surface area contributed by atoms with Crippen LogP contribution in [0.5, 0.6) is 0 Å². The molecule has 3 N–H and O–H groups in total. The van der Waals surface area contributed by atoms with Crippen molar-refractivity contribution in [3.05, 3.63) is 33.2 Å². The molecule has 3 rings (SSSR count). The number of aromatic nitrogens is 7. The van der Waals surface area contributed by atoms with Gasteiger partial charge in [-0.1, -0.05) is 5.21 Å². The van der Waals surface area contributed by atoms with Gasteiger partial charge < -0.3 is 4.98 Å². The highest BCUT2D eigenvalue weighted by Crippen LogP contribution is 2.04. The van der Waals surface area contributed by atoms with E-state index in [2.05, 4.69) is 30.2 Å². The maximum absolute atomic E-state index is 11.4. The van der Waals surface area contributed by atoms with Gasteiger partial charge in [0, 0.05) is 0 Å². The summed E-state index contributed by atoms with van der Waals surface area (Å²) in [5.41, 5.74) is -0.767. The lowest BCUT2D eigenvalue weighted by molar-refractivity contribution is 0.768. The third-order valence-electron chi connectivity index (χ3n) is 2.02. The van der Waals surface area contributed by atoms with Crippen LogP contribution in [0.1, 0.15) is 0 Å². The molecule has 9 nitrogen and oxygen atoms in total. The number of H-pyrrole nitrogens is 3. The van der Waals surface area contributed by atoms with E-state index in [1.165, 1.54) is 10.9 Å². The number of fused-ring (bicyclic) bond motifs is 1. The second-order valence-electron chi connectivity index (χ2n) is 3.04. The number of rotatable bonds is 1. The summed E-state index contributed by atoms with van der Waals surface area (Å²) in [4.78, 5) is 33.6. The van der Waals surface area contributed by atoms with Gasteiger partial charge in [0.1, 0.15) is 0 Å². The van der Waals surface area contributed by atoms with Crippen LogP contribution < -0.4 is 11.2 Å². The SMILES string of the molecule is O=c1[nH]c(=O)c2[nH]c(-n3ccnn3)nc2[nH]1. The van der Waals surface area contributed by atoms with Crippen LogP contribution >= 0.6 is 0 Å². The van der Waals surface area contributed by atoms with Crippen molar-refractivity contribution in [3.63, 3.8) is 0 Å². The molecule has 0 fully saturated rings. The normalized spacial score (nSPS) is 11.0. The standard InChI is InChI=1S/C7H5N7O2/c15-5-3-4(11-7(16)12-5)10-6(9-3)14-2-1-8-13-14/h1-2H,(H3,9,10,11,12,15,16). The van der Waals surface area contributed by atoms with Gasteiger partial charge in [0.25, 0.3) is 5.56 Å². The zero-order chi connectivity index (χ0) is 11.1. The summed E-state index contributed by atoms with van der Waals surface area (Å²) in [6.07, 6.45) is 3.03. The molecule has 9 heteroatoms. The van der Waals surface area contributed by atoms with E-state index < -0.39 is 11.2 Å². The zero-order valence-corrected chi connectivity index (χ0v) is 7.76. The Kier molecular flexibility index (Phi) is 1.55. The van der Waals surface area contributed by atoms with Gasteiger partial charge in [0.2, 0.25) is 5.95 Å². The van der Waals surface area contributed by atoms with E-state index in [0.717, 1.165) is 0 Å². The summed E-state index contributed by atoms with van der Waals surface area (Å²) in [5, 5.41) is 7.31. The van der Waals surface area contributed by atoms with Crippen molar-refractivity contribution in [2.45, 2.75) is 0 Å². The highest BCUT2D eigenvalue weighted by Gasteiger charge is 2.08. The molecule has 0 amide bonds. The molecular weight excluding hydrogens is 214 g/mol. The maximum Gasteiger partial charge on any atom is 0.327 e. The van der Waals surface area contributed by atoms with Crippen molar-refractivity contribution in [1.29, 1.82) is 0 Å². The van der Waals surface area contributed by atoms with E-state index in [0.29, 0.717) is 5.95 Å². The fourth-order valence-corrected chi connectivity index (χ4v) is 1.35. The third kappa shape index (κ3) is 1.15. The second-order valence-corrected chi connectivity index (χ2v) is 3.04. The minimum absolute atomic E-state index is 0.180. The quantitative estimate of drug-likeness (QED) is 0.460. The van der Waals surface area contributed by atoms with Crippen LogP contribution in [0.25, 0.3) is 17.1 Å². The van der Waals surface area contributed by atoms with E-state index >= 15 is 0 Å². The monoisotopic (exact) mass is 219 g/mol. The Labute approximate surface area is 86.2 Å². The van der Waals surface area contributed by atoms with Crippen LogP contribution in [0.15, 0.2) is 22.0 Å². The lowest BCUT2D eigenvalue weighted by atomic mass is 10.5. The van der Waals surface area contributed by atoms with Gasteiger partial charge in [0.05, 0.1) is 12.4 Å². The highest BCUT2D eigenvalue weighted by molar-refractivity contribution is 5.69. The maximum atomic E-state index is 11.4. The molecule has 80 valence electrons. The Morgan fingerprint density at radius 2 is 2.06 bits per heavy atom. The summed E-state index contributed by atoms with van der Waals surface area (Å²) < 4.78 is 1.34. The van der Waals surface area contributed by atoms with Crippen LogP contribution in [0, 0.1) is 0 Å². The number of aromatic amines is 3. The summed E-state index contributed by atoms with van der Waals surface area (Å²) in [6, 6.07) is 0. The first kappa shape index (κ1) is 8.59. The van der Waals surface area contributed by atoms with E-state index in [4.69, 9.17) is 0 Å². The van der Waals surface area contributed by atoms with Crippen molar-refractivity contribution in [1.82, 2.24) is 34.9 Å². The molecule has 3 heterocycles. The zero-order valence-electron chi connectivity index (χ0n) is 7.76. The van der Waals surface area contributed by atoms with Crippen LogP contribution in [0.4, 0.5) is 0 Å². The first-order valence-electron chi connectivity index (χ1n) is 4.33. The molecule has 0 aliphatic rings. The fourth-order valence-electron chi connectivity index (χ4n) is 1.35. The van der Waals surface area contributed by atoms with Crippen LogP contribution in [0.3, 0.4) is 0 Å². The second kappa shape index (κ2) is 2.89. The summed E-state index contributed by atoms with van der Waals surface area (Å²) in [7, 11) is 0. The average molecular weight is 219 g/mol. The van der Waals surface area contributed by atoms with Crippen molar-refractivity contribution in [2.24, 2.45) is 0 Å². The molecule has 3 aromatic heterocycles. The molecule has 0 saturated heterocycles. The van der Waals surface area contributed by atoms with Gasteiger partial charge in [0.15, 0.2) is 11.2 Å². The van der Waals surface area contributed by atoms with E-state index in [1.54, 1.807) is 6.20 Å². The Balaban J connectivity index is 2.36. The van der Waals surface area contributed by atoms with Crippen molar-refractivity contribution >= 4 is 11.2 Å². The van der Waals surface area contributed by atoms with E-state index in [1.807, 2.05) is 0 Å². The van der Waals surface area contributed by atoms with Crippen LogP contribution in [-0.2, 0) is 0 Å². The predicted molar refractivity (Wildman–Crippen MR) is 52.3 cm³/mol. The number of nitrogens with one attached hydrogen (secondary N) is 3. The molecule has 0 atom stereocenters. The Morgan fingerprint density at radius 1 is 1.19 bits per heavy atom. The number of hydrogen-bond donors (Lipinski definition) is 3. The molecule has 3 aromatic rings. The molecule has 0 unspecified atom stereocenters. The molecule has 0 aliphatic heterocycles. The molecule has 0 aromatic carbocycles. The van der Waals surface area contributed by atoms with Gasteiger partial charge in [-0.05, 0) is 0 Å². The molecule has 0 radical (unpaired) electrons. The minimum atomic E-state index is -0.603. The molecular formula is C7H5N7O2. The number of nitrogens with zero attached hydrogens (tertiary/aromatic N) is 4. The predicted octanol–water partition coefficient (Wildman–Crippen LogP) is -1.48. The average Bonchev–Trinajstić information content (AvgIpc) is 2.82. The Hall–Kier alpha value is -2.71. The first-order chi connectivity index (χ1) is 7.74. The van der Waals surface area contributed by atoms with Crippen molar-refractivity contribution in [3.8, 4) is 5.95 Å². The fraction of sp³-hybridized carbons (Fsp3) is 0. The minimum Gasteiger partial charge on any atom is -0.316 e. The summed E-state index contributed by atoms with van der Waals surface area (Å²) >= 11 is 0. The van der Waals surface area contributed by atoms with Gasteiger partial charge in [-0.2, -0.15) is 9.67 Å². The Bertz CT molecular complexity index is 747. The van der Waals surface area contributed by atoms with Gasteiger partial charge in [-0.25, -0.2) is 4.79 Å². The highest BCUT2D eigenvalue weighted by atomic mass is 16.2. The number of imidazole rings is 1. The Morgan fingerprint density at radius 3 is 2.81 bits per heavy atom. The summed E-state index contributed by atoms with van der Waals surface area (Å²) in [6.45, 7) is 0. The third-order valence-corrected chi connectivity index (χ3v) is 2.02. The van der Waals surface area contributed by atoms with Crippen molar-refractivity contribution < 1.29 is 0 Å². The lowest BCUT2D eigenvalue weighted by Crippen LogP contribution is -2.21. The topological polar surface area (TPSA) is 125 Å². The number of hydrogen-bond acceptors (Lipinski definition) is 5. The lowest BCUT2D eigenvalue weighted by Gasteiger charge is -1.89. The van der Waals surface area contributed by atoms with E-state index in [9.17, 15) is 9.59 Å². The van der Waals surface area contributed by atoms with Gasteiger partial charge >= 0.3 is 5.69 Å². The molecule has 0 aliphatic carbocycles. The molecule has 0 spiro atoms. The molecule has 0 saturated carbocycles. The smallest absolute Gasteiger partial charge is 0.316 e.